The number of nitrogens with one attached hydrogen (secondary N) is 1. The van der Waals surface area contributed by atoms with Gasteiger partial charge in [0.1, 0.15) is 12.0 Å². The highest BCUT2D eigenvalue weighted by Gasteiger charge is 2.21. The summed E-state index contributed by atoms with van der Waals surface area (Å²) >= 11 is 0. The van der Waals surface area contributed by atoms with E-state index in [-0.39, 0.29) is 0 Å². The number of nitrogens with two attached hydrogens (primary N) is 1. The highest BCUT2D eigenvalue weighted by molar-refractivity contribution is 6.02. The molecule has 4 heterocycles. The molecule has 0 bridgehead atoms. The molecule has 1 fully saturated rings. The van der Waals surface area contributed by atoms with Gasteiger partial charge in [-0.25, -0.2) is 15.0 Å². The summed E-state index contributed by atoms with van der Waals surface area (Å²) in [6, 6.07) is 2.10. The Labute approximate surface area is 134 Å². The Hall–Kier alpha value is -2.47. The molecule has 1 aliphatic heterocycles. The average molecular weight is 308 g/mol. The number of fused-ring (bicyclic) bond motifs is 1. The van der Waals surface area contributed by atoms with Crippen LogP contribution >= 0.6 is 0 Å². The van der Waals surface area contributed by atoms with E-state index in [9.17, 15) is 0 Å². The molecule has 1 saturated heterocycles. The Morgan fingerprint density at radius 1 is 1.22 bits per heavy atom. The van der Waals surface area contributed by atoms with Crippen LogP contribution in [0.2, 0.25) is 0 Å². The molecule has 0 atom stereocenters. The lowest BCUT2D eigenvalue weighted by molar-refractivity contribution is 0.415. The molecule has 0 spiro atoms. The minimum absolute atomic E-state index is 0.650. The number of rotatable bonds is 3. The van der Waals surface area contributed by atoms with Crippen molar-refractivity contribution in [1.82, 2.24) is 19.9 Å². The summed E-state index contributed by atoms with van der Waals surface area (Å²) in [5, 5.41) is 1.15. The molecule has 1 aliphatic rings. The highest BCUT2D eigenvalue weighted by Crippen LogP contribution is 2.35. The molecule has 0 saturated carbocycles. The first-order chi connectivity index (χ1) is 11.4. The number of hydrogen-bond acceptors (Lipinski definition) is 5. The molecule has 6 nitrogen and oxygen atoms in total. The van der Waals surface area contributed by atoms with Gasteiger partial charge in [0.15, 0.2) is 0 Å². The molecule has 23 heavy (non-hydrogen) atoms. The summed E-state index contributed by atoms with van der Waals surface area (Å²) in [6.45, 7) is 2.87. The maximum atomic E-state index is 5.81. The van der Waals surface area contributed by atoms with Gasteiger partial charge in [-0.2, -0.15) is 0 Å². The second-order valence-electron chi connectivity index (χ2n) is 6.05. The van der Waals surface area contributed by atoms with Gasteiger partial charge in [0.25, 0.3) is 0 Å². The molecule has 118 valence electrons. The largest absolute Gasteiger partial charge is 0.371 e. The first-order valence-corrected chi connectivity index (χ1v) is 8.03. The summed E-state index contributed by atoms with van der Waals surface area (Å²) in [5.41, 5.74) is 10.1. The van der Waals surface area contributed by atoms with Crippen molar-refractivity contribution in [1.29, 1.82) is 0 Å². The third-order valence-corrected chi connectivity index (χ3v) is 4.71. The smallest absolute Gasteiger partial charge is 0.139 e. The molecule has 4 rings (SSSR count). The van der Waals surface area contributed by atoms with Gasteiger partial charge >= 0.3 is 0 Å². The van der Waals surface area contributed by atoms with Crippen LogP contribution in [0.3, 0.4) is 0 Å². The van der Waals surface area contributed by atoms with E-state index in [0.29, 0.717) is 5.92 Å². The van der Waals surface area contributed by atoms with Crippen molar-refractivity contribution < 1.29 is 0 Å². The molecular formula is C17H20N6. The zero-order chi connectivity index (χ0) is 15.6. The molecule has 0 unspecified atom stereocenters. The lowest BCUT2D eigenvalue weighted by Gasteiger charge is -2.33. The minimum Gasteiger partial charge on any atom is -0.371 e. The van der Waals surface area contributed by atoms with Crippen LogP contribution in [0.1, 0.15) is 12.8 Å². The average Bonchev–Trinajstić information content (AvgIpc) is 3.07. The monoisotopic (exact) mass is 308 g/mol. The summed E-state index contributed by atoms with van der Waals surface area (Å²) in [4.78, 5) is 18.5. The van der Waals surface area contributed by atoms with Crippen LogP contribution in [0.5, 0.6) is 0 Å². The van der Waals surface area contributed by atoms with E-state index in [0.717, 1.165) is 54.6 Å². The first-order valence-electron chi connectivity index (χ1n) is 8.03. The van der Waals surface area contributed by atoms with E-state index >= 15 is 0 Å². The topological polar surface area (TPSA) is 83.7 Å². The Balaban J connectivity index is 1.77. The number of H-pyrrole nitrogens is 1. The van der Waals surface area contributed by atoms with Gasteiger partial charge in [-0.1, -0.05) is 0 Å². The van der Waals surface area contributed by atoms with Crippen LogP contribution in [0, 0.1) is 5.92 Å². The van der Waals surface area contributed by atoms with Crippen molar-refractivity contribution in [2.75, 3.05) is 24.5 Å². The van der Waals surface area contributed by atoms with Gasteiger partial charge < -0.3 is 15.6 Å². The number of aromatic nitrogens is 4. The normalized spacial score (nSPS) is 16.1. The number of pyridine rings is 1. The van der Waals surface area contributed by atoms with Crippen LogP contribution in [0.15, 0.2) is 37.2 Å². The molecule has 3 aromatic heterocycles. The van der Waals surface area contributed by atoms with Gasteiger partial charge in [-0.15, -0.1) is 0 Å². The third-order valence-electron chi connectivity index (χ3n) is 4.71. The molecule has 3 aromatic rings. The number of anilines is 1. The van der Waals surface area contributed by atoms with E-state index in [2.05, 4.69) is 30.9 Å². The fraction of sp³-hybridized carbons (Fsp3) is 0.353. The van der Waals surface area contributed by atoms with Gasteiger partial charge in [-0.05, 0) is 31.4 Å². The van der Waals surface area contributed by atoms with Crippen molar-refractivity contribution in [3.8, 4) is 11.1 Å². The number of nitrogens with zero attached hydrogens (tertiary/aromatic N) is 4. The second-order valence-corrected chi connectivity index (χ2v) is 6.05. The van der Waals surface area contributed by atoms with Crippen molar-refractivity contribution in [2.24, 2.45) is 11.7 Å². The molecular weight excluding hydrogens is 288 g/mol. The van der Waals surface area contributed by atoms with E-state index in [4.69, 9.17) is 5.73 Å². The zero-order valence-electron chi connectivity index (χ0n) is 12.9. The number of aromatic amines is 1. The maximum Gasteiger partial charge on any atom is 0.139 e. The van der Waals surface area contributed by atoms with Crippen LogP contribution in [-0.2, 0) is 0 Å². The van der Waals surface area contributed by atoms with Crippen LogP contribution in [0.4, 0.5) is 5.69 Å². The summed E-state index contributed by atoms with van der Waals surface area (Å²) < 4.78 is 0. The second kappa shape index (κ2) is 5.96. The van der Waals surface area contributed by atoms with Crippen LogP contribution in [0.25, 0.3) is 22.2 Å². The van der Waals surface area contributed by atoms with E-state index < -0.39 is 0 Å². The third kappa shape index (κ3) is 2.55. The molecule has 3 N–H and O–H groups in total. The van der Waals surface area contributed by atoms with Gasteiger partial charge in [0.2, 0.25) is 0 Å². The van der Waals surface area contributed by atoms with Crippen molar-refractivity contribution >= 4 is 16.7 Å². The quantitative estimate of drug-likeness (QED) is 0.775. The fourth-order valence-electron chi connectivity index (χ4n) is 3.38. The van der Waals surface area contributed by atoms with Gasteiger partial charge in [0, 0.05) is 60.1 Å². The summed E-state index contributed by atoms with van der Waals surface area (Å²) in [7, 11) is 0. The SMILES string of the molecule is NCC1CCN(c2ccnc3[nH]cc(-c4cncnc4)c23)CC1. The Morgan fingerprint density at radius 2 is 2.00 bits per heavy atom. The standard InChI is InChI=1S/C17H20N6/c18-7-12-2-5-23(6-3-12)15-1-4-21-17-16(15)14(10-22-17)13-8-19-11-20-9-13/h1,4,8-12H,2-3,5-7,18H2,(H,21,22). The van der Waals surface area contributed by atoms with Gasteiger partial charge in [-0.3, -0.25) is 0 Å². The van der Waals surface area contributed by atoms with E-state index in [1.165, 1.54) is 5.69 Å². The maximum absolute atomic E-state index is 5.81. The number of piperidine rings is 1. The molecule has 0 radical (unpaired) electrons. The predicted molar refractivity (Wildman–Crippen MR) is 91.1 cm³/mol. The van der Waals surface area contributed by atoms with Crippen LogP contribution in [-0.4, -0.2) is 39.6 Å². The minimum atomic E-state index is 0.650. The van der Waals surface area contributed by atoms with E-state index in [1.54, 1.807) is 6.33 Å². The lowest BCUT2D eigenvalue weighted by atomic mass is 9.96. The number of hydrogen-bond donors (Lipinski definition) is 2. The molecule has 0 aliphatic carbocycles. The molecule has 6 heteroatoms. The van der Waals surface area contributed by atoms with Crippen molar-refractivity contribution in [2.45, 2.75) is 12.8 Å². The molecule has 0 amide bonds. The molecule has 0 aromatic carbocycles. The van der Waals surface area contributed by atoms with Crippen LogP contribution < -0.4 is 10.6 Å². The van der Waals surface area contributed by atoms with Crippen molar-refractivity contribution in [3.05, 3.63) is 37.2 Å². The Bertz CT molecular complexity index is 789. The lowest BCUT2D eigenvalue weighted by Crippen LogP contribution is -2.36. The van der Waals surface area contributed by atoms with Crippen molar-refractivity contribution in [3.63, 3.8) is 0 Å². The zero-order valence-corrected chi connectivity index (χ0v) is 12.9. The first kappa shape index (κ1) is 14.1. The predicted octanol–water partition coefficient (Wildman–Crippen LogP) is 2.20. The van der Waals surface area contributed by atoms with Gasteiger partial charge in [0.05, 0.1) is 0 Å². The van der Waals surface area contributed by atoms with E-state index in [1.807, 2.05) is 24.8 Å². The summed E-state index contributed by atoms with van der Waals surface area (Å²) in [6.07, 6.45) is 11.4. The fourth-order valence-corrected chi connectivity index (χ4v) is 3.38. The highest BCUT2D eigenvalue weighted by atomic mass is 15.1. The Kier molecular flexibility index (Phi) is 3.67. The Morgan fingerprint density at radius 3 is 2.74 bits per heavy atom. The summed E-state index contributed by atoms with van der Waals surface area (Å²) in [5.74, 6) is 0.650.